The monoisotopic (exact) mass is 427 g/mol. The van der Waals surface area contributed by atoms with Gasteiger partial charge in [-0.3, -0.25) is 14.5 Å². The van der Waals surface area contributed by atoms with Gasteiger partial charge in [-0.2, -0.15) is 0 Å². The molecule has 132 valence electrons. The number of carbonyl (C=O) groups excluding carboxylic acids is 2. The summed E-state index contributed by atoms with van der Waals surface area (Å²) in [7, 11) is 0. The number of hydrogen-bond donors (Lipinski definition) is 1. The highest BCUT2D eigenvalue weighted by molar-refractivity contribution is 9.10. The third-order valence-corrected chi connectivity index (χ3v) is 4.19. The number of halogens is 3. The van der Waals surface area contributed by atoms with Crippen LogP contribution in [-0.4, -0.2) is 29.9 Å². The summed E-state index contributed by atoms with van der Waals surface area (Å²) in [6.07, 6.45) is 1.72. The number of pyridine rings is 1. The second kappa shape index (κ2) is 8.92. The van der Waals surface area contributed by atoms with E-state index in [0.717, 1.165) is 16.6 Å². The van der Waals surface area contributed by atoms with Crippen molar-refractivity contribution < 1.29 is 14.0 Å². The van der Waals surface area contributed by atoms with Gasteiger partial charge in [-0.05, 0) is 53.2 Å². The van der Waals surface area contributed by atoms with Crippen molar-refractivity contribution in [2.75, 3.05) is 18.0 Å². The van der Waals surface area contributed by atoms with Crippen molar-refractivity contribution in [1.29, 1.82) is 0 Å². The Labute approximate surface area is 158 Å². The fraction of sp³-hybridized carbons (Fsp3) is 0.235. The summed E-state index contributed by atoms with van der Waals surface area (Å²) >= 11 is 9.14. The van der Waals surface area contributed by atoms with E-state index in [1.165, 1.54) is 11.0 Å². The van der Waals surface area contributed by atoms with Crippen LogP contribution in [0.1, 0.15) is 23.7 Å². The lowest BCUT2D eigenvalue weighted by molar-refractivity contribution is -0.118. The van der Waals surface area contributed by atoms with Crippen molar-refractivity contribution in [2.24, 2.45) is 0 Å². The molecule has 2 amide bonds. The topological polar surface area (TPSA) is 62.3 Å². The van der Waals surface area contributed by atoms with E-state index in [-0.39, 0.29) is 29.5 Å². The van der Waals surface area contributed by atoms with Crippen LogP contribution in [0.15, 0.2) is 41.0 Å². The van der Waals surface area contributed by atoms with Crippen molar-refractivity contribution in [3.05, 3.63) is 57.4 Å². The Balaban J connectivity index is 1.92. The summed E-state index contributed by atoms with van der Waals surface area (Å²) in [5.74, 6) is -0.591. The van der Waals surface area contributed by atoms with Crippen LogP contribution in [0.5, 0.6) is 0 Å². The zero-order valence-electron chi connectivity index (χ0n) is 13.4. The largest absolute Gasteiger partial charge is 0.351 e. The molecule has 2 aromatic rings. The quantitative estimate of drug-likeness (QED) is 0.761. The molecule has 1 aromatic heterocycles. The number of benzene rings is 1. The van der Waals surface area contributed by atoms with E-state index in [1.807, 2.05) is 6.92 Å². The fourth-order valence-corrected chi connectivity index (χ4v) is 2.67. The first-order valence-corrected chi connectivity index (χ1v) is 8.74. The predicted molar refractivity (Wildman–Crippen MR) is 98.3 cm³/mol. The number of hydrogen-bond acceptors (Lipinski definition) is 3. The second-order valence-corrected chi connectivity index (χ2v) is 6.43. The fourth-order valence-electron chi connectivity index (χ4n) is 2.18. The zero-order valence-corrected chi connectivity index (χ0v) is 15.8. The van der Waals surface area contributed by atoms with Crippen molar-refractivity contribution in [3.8, 4) is 0 Å². The van der Waals surface area contributed by atoms with E-state index in [0.29, 0.717) is 12.4 Å². The van der Waals surface area contributed by atoms with E-state index in [4.69, 9.17) is 11.6 Å². The van der Waals surface area contributed by atoms with Gasteiger partial charge in [0.05, 0.1) is 10.6 Å². The first kappa shape index (κ1) is 19.3. The van der Waals surface area contributed by atoms with Crippen LogP contribution in [0.25, 0.3) is 0 Å². The minimum Gasteiger partial charge on any atom is -0.351 e. The summed E-state index contributed by atoms with van der Waals surface area (Å²) in [5, 5.41) is 2.63. The second-order valence-electron chi connectivity index (χ2n) is 5.10. The minimum absolute atomic E-state index is 0.0260. The molecule has 0 spiro atoms. The van der Waals surface area contributed by atoms with Crippen molar-refractivity contribution in [3.63, 3.8) is 0 Å². The Morgan fingerprint density at radius 2 is 2.08 bits per heavy atom. The number of aromatic nitrogens is 1. The van der Waals surface area contributed by atoms with E-state index in [1.54, 1.807) is 18.3 Å². The van der Waals surface area contributed by atoms with Crippen LogP contribution in [0, 0.1) is 5.82 Å². The first-order chi connectivity index (χ1) is 11.9. The molecule has 0 aliphatic rings. The molecule has 0 aliphatic heterocycles. The number of amides is 2. The molecule has 8 heteroatoms. The molecule has 0 radical (unpaired) electrons. The van der Waals surface area contributed by atoms with Crippen LogP contribution in [0.2, 0.25) is 5.02 Å². The number of nitrogens with one attached hydrogen (secondary N) is 1. The summed E-state index contributed by atoms with van der Waals surface area (Å²) in [6, 6.07) is 7.07. The van der Waals surface area contributed by atoms with E-state index < -0.39 is 11.7 Å². The van der Waals surface area contributed by atoms with Gasteiger partial charge in [0.25, 0.3) is 5.91 Å². The van der Waals surface area contributed by atoms with E-state index in [2.05, 4.69) is 26.2 Å². The lowest BCUT2D eigenvalue weighted by atomic mass is 10.2. The maximum absolute atomic E-state index is 13.0. The summed E-state index contributed by atoms with van der Waals surface area (Å²) < 4.78 is 13.8. The molecule has 0 aliphatic carbocycles. The Morgan fingerprint density at radius 1 is 1.32 bits per heavy atom. The molecular weight excluding hydrogens is 413 g/mol. The van der Waals surface area contributed by atoms with E-state index in [9.17, 15) is 14.0 Å². The molecule has 0 saturated heterocycles. The molecule has 0 unspecified atom stereocenters. The predicted octanol–water partition coefficient (Wildman–Crippen LogP) is 3.81. The van der Waals surface area contributed by atoms with Crippen molar-refractivity contribution >= 4 is 45.2 Å². The van der Waals surface area contributed by atoms with E-state index >= 15 is 0 Å². The zero-order chi connectivity index (χ0) is 18.4. The number of rotatable bonds is 6. The molecule has 1 heterocycles. The van der Waals surface area contributed by atoms with Crippen LogP contribution in [0.3, 0.4) is 0 Å². The van der Waals surface area contributed by atoms with Crippen molar-refractivity contribution in [1.82, 2.24) is 10.3 Å². The first-order valence-electron chi connectivity index (χ1n) is 7.57. The van der Waals surface area contributed by atoms with Crippen LogP contribution in [0.4, 0.5) is 10.2 Å². The van der Waals surface area contributed by atoms with Gasteiger partial charge >= 0.3 is 0 Å². The van der Waals surface area contributed by atoms with Crippen LogP contribution < -0.4 is 10.2 Å². The van der Waals surface area contributed by atoms with Gasteiger partial charge in [-0.1, -0.05) is 11.6 Å². The molecular formula is C17H16BrClFN3O2. The smallest absolute Gasteiger partial charge is 0.252 e. The maximum Gasteiger partial charge on any atom is 0.252 e. The third-order valence-electron chi connectivity index (χ3n) is 3.41. The molecule has 0 saturated carbocycles. The van der Waals surface area contributed by atoms with Gasteiger partial charge in [0.15, 0.2) is 0 Å². The Hall–Kier alpha value is -1.99. The SMILES string of the molecule is CCN(C(=O)CCNC(=O)c1ccc(F)cc1Cl)c1ccc(Br)cn1. The lowest BCUT2D eigenvalue weighted by Gasteiger charge is -2.20. The normalized spacial score (nSPS) is 10.4. The van der Waals surface area contributed by atoms with Gasteiger partial charge in [0.2, 0.25) is 5.91 Å². The standard InChI is InChI=1S/C17H16BrClFN3O2/c1-2-23(15-6-3-11(18)10-22-15)16(24)7-8-21-17(25)13-5-4-12(20)9-14(13)19/h3-6,9-10H,2,7-8H2,1H3,(H,21,25). The van der Waals surface area contributed by atoms with Gasteiger partial charge in [-0.15, -0.1) is 0 Å². The summed E-state index contributed by atoms with van der Waals surface area (Å²) in [4.78, 5) is 30.1. The molecule has 0 atom stereocenters. The molecule has 0 fully saturated rings. The van der Waals surface area contributed by atoms with Gasteiger partial charge < -0.3 is 5.32 Å². The number of carbonyl (C=O) groups is 2. The molecule has 0 bridgehead atoms. The molecule has 25 heavy (non-hydrogen) atoms. The van der Waals surface area contributed by atoms with Gasteiger partial charge in [0.1, 0.15) is 11.6 Å². The minimum atomic E-state index is -0.516. The highest BCUT2D eigenvalue weighted by atomic mass is 79.9. The molecule has 2 rings (SSSR count). The Morgan fingerprint density at radius 3 is 2.68 bits per heavy atom. The van der Waals surface area contributed by atoms with Gasteiger partial charge in [-0.25, -0.2) is 9.37 Å². The number of anilines is 1. The van der Waals surface area contributed by atoms with Gasteiger partial charge in [0, 0.05) is 30.2 Å². The average molecular weight is 429 g/mol. The molecule has 5 nitrogen and oxygen atoms in total. The van der Waals surface area contributed by atoms with Crippen LogP contribution in [-0.2, 0) is 4.79 Å². The lowest BCUT2D eigenvalue weighted by Crippen LogP contribution is -2.35. The Bertz CT molecular complexity index is 771. The van der Waals surface area contributed by atoms with Crippen molar-refractivity contribution in [2.45, 2.75) is 13.3 Å². The number of nitrogens with zero attached hydrogens (tertiary/aromatic N) is 2. The highest BCUT2D eigenvalue weighted by Gasteiger charge is 2.16. The summed E-state index contributed by atoms with van der Waals surface area (Å²) in [6.45, 7) is 2.45. The highest BCUT2D eigenvalue weighted by Crippen LogP contribution is 2.17. The summed E-state index contributed by atoms with van der Waals surface area (Å²) in [5.41, 5.74) is 0.164. The Kier molecular flexibility index (Phi) is 6.90. The maximum atomic E-state index is 13.0. The average Bonchev–Trinajstić information content (AvgIpc) is 2.57. The molecule has 1 N–H and O–H groups in total. The third kappa shape index (κ3) is 5.24. The van der Waals surface area contributed by atoms with Crippen LogP contribution >= 0.6 is 27.5 Å². The molecule has 1 aromatic carbocycles.